The van der Waals surface area contributed by atoms with Crippen molar-refractivity contribution in [1.82, 2.24) is 4.90 Å². The highest BCUT2D eigenvalue weighted by atomic mass is 16.2. The fourth-order valence-corrected chi connectivity index (χ4v) is 2.26. The summed E-state index contributed by atoms with van der Waals surface area (Å²) in [5, 5.41) is 11.6. The highest BCUT2D eigenvalue weighted by Crippen LogP contribution is 2.17. The number of piperidine rings is 1. The lowest BCUT2D eigenvalue weighted by atomic mass is 10.0. The van der Waals surface area contributed by atoms with Gasteiger partial charge in [0.25, 0.3) is 0 Å². The molecule has 1 heterocycles. The molecule has 18 heavy (non-hydrogen) atoms. The molecule has 94 valence electrons. The van der Waals surface area contributed by atoms with Gasteiger partial charge in [0.15, 0.2) is 0 Å². The van der Waals surface area contributed by atoms with Crippen LogP contribution < -0.4 is 5.32 Å². The molecule has 0 aliphatic carbocycles. The minimum absolute atomic E-state index is 0.0330. The molecule has 0 aromatic heterocycles. The van der Waals surface area contributed by atoms with Gasteiger partial charge in [0.2, 0.25) is 5.91 Å². The van der Waals surface area contributed by atoms with E-state index in [0.29, 0.717) is 5.56 Å². The zero-order chi connectivity index (χ0) is 13.0. The first-order chi connectivity index (χ1) is 8.70. The molecule has 1 amide bonds. The van der Waals surface area contributed by atoms with E-state index in [1.807, 2.05) is 7.05 Å². The van der Waals surface area contributed by atoms with Gasteiger partial charge >= 0.3 is 0 Å². The molecular formula is C14H17N3O. The SMILES string of the molecule is CN1CCCCC1C(=O)Nc1ccc(C#N)cc1. The van der Waals surface area contributed by atoms with E-state index >= 15 is 0 Å². The maximum Gasteiger partial charge on any atom is 0.241 e. The van der Waals surface area contributed by atoms with Gasteiger partial charge in [0.1, 0.15) is 0 Å². The van der Waals surface area contributed by atoms with Gasteiger partial charge in [-0.05, 0) is 50.7 Å². The summed E-state index contributed by atoms with van der Waals surface area (Å²) in [7, 11) is 1.99. The number of rotatable bonds is 2. The Kier molecular flexibility index (Phi) is 3.96. The summed E-state index contributed by atoms with van der Waals surface area (Å²) in [5.74, 6) is 0.0434. The van der Waals surface area contributed by atoms with Crippen LogP contribution in [0.25, 0.3) is 0 Å². The number of carbonyl (C=O) groups excluding carboxylic acids is 1. The fraction of sp³-hybridized carbons (Fsp3) is 0.429. The standard InChI is InChI=1S/C14H17N3O/c1-17-9-3-2-4-13(17)14(18)16-12-7-5-11(10-15)6-8-12/h5-8,13H,2-4,9H2,1H3,(H,16,18). The largest absolute Gasteiger partial charge is 0.325 e. The van der Waals surface area contributed by atoms with Crippen molar-refractivity contribution in [2.75, 3.05) is 18.9 Å². The predicted octanol–water partition coefficient (Wildman–Crippen LogP) is 1.98. The van der Waals surface area contributed by atoms with Crippen molar-refractivity contribution in [1.29, 1.82) is 5.26 Å². The Morgan fingerprint density at radius 2 is 2.11 bits per heavy atom. The summed E-state index contributed by atoms with van der Waals surface area (Å²) in [4.78, 5) is 14.2. The van der Waals surface area contributed by atoms with E-state index in [9.17, 15) is 4.79 Å². The minimum Gasteiger partial charge on any atom is -0.325 e. The maximum absolute atomic E-state index is 12.1. The van der Waals surface area contributed by atoms with Crippen LogP contribution in [-0.2, 0) is 4.79 Å². The molecule has 1 N–H and O–H groups in total. The molecule has 1 aliphatic rings. The number of nitrogens with zero attached hydrogens (tertiary/aromatic N) is 2. The smallest absolute Gasteiger partial charge is 0.241 e. The van der Waals surface area contributed by atoms with Crippen LogP contribution in [0, 0.1) is 11.3 Å². The topological polar surface area (TPSA) is 56.1 Å². The van der Waals surface area contributed by atoms with Crippen LogP contribution in [0.1, 0.15) is 24.8 Å². The second-order valence-corrected chi connectivity index (χ2v) is 4.67. The zero-order valence-corrected chi connectivity index (χ0v) is 10.5. The first kappa shape index (κ1) is 12.6. The first-order valence-electron chi connectivity index (χ1n) is 6.22. The molecule has 1 unspecified atom stereocenters. The summed E-state index contributed by atoms with van der Waals surface area (Å²) in [5.41, 5.74) is 1.35. The van der Waals surface area contributed by atoms with Crippen LogP contribution in [-0.4, -0.2) is 30.4 Å². The van der Waals surface area contributed by atoms with Crippen LogP contribution in [0.5, 0.6) is 0 Å². The summed E-state index contributed by atoms with van der Waals surface area (Å²) in [6.07, 6.45) is 3.19. The zero-order valence-electron chi connectivity index (χ0n) is 10.5. The molecule has 4 nitrogen and oxygen atoms in total. The summed E-state index contributed by atoms with van der Waals surface area (Å²) in [6, 6.07) is 8.97. The van der Waals surface area contributed by atoms with Crippen molar-refractivity contribution in [3.8, 4) is 6.07 Å². The number of benzene rings is 1. The Bertz CT molecular complexity index is 461. The maximum atomic E-state index is 12.1. The van der Waals surface area contributed by atoms with Crippen molar-refractivity contribution in [2.45, 2.75) is 25.3 Å². The highest BCUT2D eigenvalue weighted by molar-refractivity contribution is 5.94. The van der Waals surface area contributed by atoms with Gasteiger partial charge in [-0.3, -0.25) is 9.69 Å². The highest BCUT2D eigenvalue weighted by Gasteiger charge is 2.25. The van der Waals surface area contributed by atoms with Crippen molar-refractivity contribution in [2.24, 2.45) is 0 Å². The van der Waals surface area contributed by atoms with E-state index in [-0.39, 0.29) is 11.9 Å². The van der Waals surface area contributed by atoms with E-state index < -0.39 is 0 Å². The number of amides is 1. The average Bonchev–Trinajstić information content (AvgIpc) is 2.40. The van der Waals surface area contributed by atoms with Crippen LogP contribution in [0.2, 0.25) is 0 Å². The van der Waals surface area contributed by atoms with Gasteiger partial charge in [-0.2, -0.15) is 5.26 Å². The monoisotopic (exact) mass is 243 g/mol. The normalized spacial score (nSPS) is 20.1. The Balaban J connectivity index is 1.99. The van der Waals surface area contributed by atoms with Gasteiger partial charge in [-0.15, -0.1) is 0 Å². The average molecular weight is 243 g/mol. The number of likely N-dealkylation sites (N-methyl/N-ethyl adjacent to an activating group) is 1. The van der Waals surface area contributed by atoms with Crippen LogP contribution in [0.3, 0.4) is 0 Å². The molecule has 4 heteroatoms. The van der Waals surface area contributed by atoms with Crippen molar-refractivity contribution in [3.63, 3.8) is 0 Å². The Morgan fingerprint density at radius 1 is 1.39 bits per heavy atom. The van der Waals surface area contributed by atoms with E-state index in [0.717, 1.165) is 31.5 Å². The number of hydrogen-bond donors (Lipinski definition) is 1. The summed E-state index contributed by atoms with van der Waals surface area (Å²) in [6.45, 7) is 0.978. The van der Waals surface area contributed by atoms with E-state index in [2.05, 4.69) is 16.3 Å². The van der Waals surface area contributed by atoms with Gasteiger partial charge in [-0.25, -0.2) is 0 Å². The van der Waals surface area contributed by atoms with Gasteiger partial charge in [-0.1, -0.05) is 6.42 Å². The predicted molar refractivity (Wildman–Crippen MR) is 70.1 cm³/mol. The lowest BCUT2D eigenvalue weighted by Crippen LogP contribution is -2.44. The molecule has 1 saturated heterocycles. The molecule has 1 fully saturated rings. The molecule has 0 spiro atoms. The number of nitrogens with one attached hydrogen (secondary N) is 1. The second-order valence-electron chi connectivity index (χ2n) is 4.67. The van der Waals surface area contributed by atoms with Crippen molar-refractivity contribution in [3.05, 3.63) is 29.8 Å². The summed E-state index contributed by atoms with van der Waals surface area (Å²) < 4.78 is 0. The lowest BCUT2D eigenvalue weighted by Gasteiger charge is -2.31. The summed E-state index contributed by atoms with van der Waals surface area (Å²) >= 11 is 0. The van der Waals surface area contributed by atoms with E-state index in [4.69, 9.17) is 5.26 Å². The second kappa shape index (κ2) is 5.65. The number of carbonyl (C=O) groups is 1. The van der Waals surface area contributed by atoms with Gasteiger partial charge in [0.05, 0.1) is 17.7 Å². The molecule has 1 aromatic rings. The first-order valence-corrected chi connectivity index (χ1v) is 6.22. The van der Waals surface area contributed by atoms with E-state index in [1.165, 1.54) is 0 Å². The molecular weight excluding hydrogens is 226 g/mol. The van der Waals surface area contributed by atoms with Gasteiger partial charge in [0, 0.05) is 5.69 Å². The number of hydrogen-bond acceptors (Lipinski definition) is 3. The van der Waals surface area contributed by atoms with E-state index in [1.54, 1.807) is 24.3 Å². The van der Waals surface area contributed by atoms with Crippen molar-refractivity contribution >= 4 is 11.6 Å². The molecule has 0 saturated carbocycles. The van der Waals surface area contributed by atoms with Crippen LogP contribution in [0.4, 0.5) is 5.69 Å². The number of likely N-dealkylation sites (tertiary alicyclic amines) is 1. The number of nitriles is 1. The molecule has 2 rings (SSSR count). The van der Waals surface area contributed by atoms with Crippen LogP contribution >= 0.6 is 0 Å². The molecule has 1 atom stereocenters. The third-order valence-electron chi connectivity index (χ3n) is 3.35. The van der Waals surface area contributed by atoms with Crippen molar-refractivity contribution < 1.29 is 4.79 Å². The lowest BCUT2D eigenvalue weighted by molar-refractivity contribution is -0.121. The molecule has 1 aliphatic heterocycles. The van der Waals surface area contributed by atoms with Crippen LogP contribution in [0.15, 0.2) is 24.3 Å². The Morgan fingerprint density at radius 3 is 2.72 bits per heavy atom. The quantitative estimate of drug-likeness (QED) is 0.864. The third-order valence-corrected chi connectivity index (χ3v) is 3.35. The minimum atomic E-state index is -0.0330. The Labute approximate surface area is 107 Å². The van der Waals surface area contributed by atoms with Gasteiger partial charge < -0.3 is 5.32 Å². The number of anilines is 1. The molecule has 1 aromatic carbocycles. The molecule has 0 radical (unpaired) electrons. The third kappa shape index (κ3) is 2.88. The fourth-order valence-electron chi connectivity index (χ4n) is 2.26. The Hall–Kier alpha value is -1.86. The molecule has 0 bridgehead atoms.